The van der Waals surface area contributed by atoms with Crippen molar-refractivity contribution in [1.82, 2.24) is 10.0 Å². The van der Waals surface area contributed by atoms with E-state index < -0.39 is 33.2 Å². The molecule has 2 rings (SSSR count). The first kappa shape index (κ1) is 30.5. The molecule has 0 saturated heterocycles. The maximum absolute atomic E-state index is 12.6. The molecule has 0 fully saturated rings. The average Bonchev–Trinajstić information content (AvgIpc) is 2.88. The van der Waals surface area contributed by atoms with Gasteiger partial charge < -0.3 is 5.32 Å². The Morgan fingerprint density at radius 3 is 1.65 bits per heavy atom. The third-order valence-corrected chi connectivity index (χ3v) is 7.77. The lowest BCUT2D eigenvalue weighted by Crippen LogP contribution is -2.38. The fourth-order valence-electron chi connectivity index (χ4n) is 4.26. The summed E-state index contributed by atoms with van der Waals surface area (Å²) in [4.78, 5) is 37.2. The van der Waals surface area contributed by atoms with Crippen LogP contribution in [0, 0.1) is 0 Å². The van der Waals surface area contributed by atoms with E-state index in [-0.39, 0.29) is 17.0 Å². The van der Waals surface area contributed by atoms with Crippen molar-refractivity contribution in [2.75, 3.05) is 5.75 Å². The van der Waals surface area contributed by atoms with Crippen LogP contribution in [0.25, 0.3) is 0 Å². The third-order valence-electron chi connectivity index (χ3n) is 6.43. The molecule has 1 aliphatic rings. The monoisotopic (exact) mass is 530 g/mol. The lowest BCUT2D eigenvalue weighted by molar-refractivity contribution is -0.115. The van der Waals surface area contributed by atoms with Crippen molar-refractivity contribution < 1.29 is 22.8 Å². The lowest BCUT2D eigenvalue weighted by atomic mass is 10.0. The zero-order valence-electron chi connectivity index (χ0n) is 22.1. The first-order chi connectivity index (χ1) is 17.8. The molecule has 2 N–H and O–H groups in total. The van der Waals surface area contributed by atoms with Crippen LogP contribution in [0.15, 0.2) is 53.9 Å². The Labute approximate surface area is 222 Å². The molecular formula is C29H42N2O5S. The molecule has 0 heterocycles. The third kappa shape index (κ3) is 11.9. The van der Waals surface area contributed by atoms with Crippen LogP contribution in [0.1, 0.15) is 107 Å². The summed E-state index contributed by atoms with van der Waals surface area (Å²) in [6.07, 6.45) is 18.3. The van der Waals surface area contributed by atoms with E-state index in [0.717, 1.165) is 31.4 Å². The van der Waals surface area contributed by atoms with Crippen LogP contribution in [0.4, 0.5) is 0 Å². The fourth-order valence-corrected chi connectivity index (χ4v) is 5.46. The Morgan fingerprint density at radius 2 is 1.14 bits per heavy atom. The molecule has 0 atom stereocenters. The van der Waals surface area contributed by atoms with Gasteiger partial charge in [-0.15, -0.1) is 0 Å². The minimum atomic E-state index is -3.85. The minimum absolute atomic E-state index is 0.153. The molecule has 0 aliphatic heterocycles. The van der Waals surface area contributed by atoms with Gasteiger partial charge in [0.15, 0.2) is 0 Å². The largest absolute Gasteiger partial charge is 0.317 e. The van der Waals surface area contributed by atoms with Gasteiger partial charge in [-0.2, -0.15) is 0 Å². The van der Waals surface area contributed by atoms with Crippen molar-refractivity contribution in [3.8, 4) is 0 Å². The van der Waals surface area contributed by atoms with Gasteiger partial charge in [0.2, 0.25) is 21.6 Å². The summed E-state index contributed by atoms with van der Waals surface area (Å²) in [5.41, 5.74) is -0.484. The molecule has 1 aliphatic carbocycles. The number of hydrogen-bond acceptors (Lipinski definition) is 5. The van der Waals surface area contributed by atoms with E-state index in [4.69, 9.17) is 0 Å². The highest BCUT2D eigenvalue weighted by Crippen LogP contribution is 2.15. The number of unbranched alkanes of at least 4 members (excludes halogenated alkanes) is 13. The van der Waals surface area contributed by atoms with Crippen LogP contribution in [0.3, 0.4) is 0 Å². The second-order valence-electron chi connectivity index (χ2n) is 9.65. The van der Waals surface area contributed by atoms with Gasteiger partial charge in [-0.25, -0.2) is 8.42 Å². The zero-order valence-corrected chi connectivity index (χ0v) is 22.9. The van der Waals surface area contributed by atoms with Gasteiger partial charge in [-0.3, -0.25) is 19.1 Å². The SMILES string of the molecule is CCCCCCCCCCCCCCCCS(=O)(=O)NC1=C(NC(=O)c2ccccc2)C(=O)C=CC1=O. The molecule has 1 aromatic carbocycles. The maximum Gasteiger partial charge on any atom is 0.255 e. The number of hydrogen-bond donors (Lipinski definition) is 2. The smallest absolute Gasteiger partial charge is 0.255 e. The van der Waals surface area contributed by atoms with Crippen molar-refractivity contribution in [2.45, 2.75) is 96.8 Å². The van der Waals surface area contributed by atoms with E-state index in [1.807, 2.05) is 0 Å². The standard InChI is InChI=1S/C29H42N2O5S/c1-2-3-4-5-6-7-8-9-10-11-12-13-14-18-23-37(35,36)31-28-26(33)22-21-25(32)27(28)30-29(34)24-19-16-15-17-20-24/h15-17,19-22,31H,2-14,18,23H2,1H3,(H,30,34). The van der Waals surface area contributed by atoms with Gasteiger partial charge in [0.25, 0.3) is 5.91 Å². The summed E-state index contributed by atoms with van der Waals surface area (Å²) >= 11 is 0. The van der Waals surface area contributed by atoms with Crippen LogP contribution in [0.2, 0.25) is 0 Å². The van der Waals surface area contributed by atoms with Crippen LogP contribution < -0.4 is 10.0 Å². The van der Waals surface area contributed by atoms with Crippen LogP contribution >= 0.6 is 0 Å². The minimum Gasteiger partial charge on any atom is -0.317 e. The first-order valence-electron chi connectivity index (χ1n) is 13.7. The molecule has 37 heavy (non-hydrogen) atoms. The van der Waals surface area contributed by atoms with Gasteiger partial charge in [-0.05, 0) is 30.7 Å². The number of carbonyl (C=O) groups is 3. The van der Waals surface area contributed by atoms with Gasteiger partial charge in [0, 0.05) is 5.56 Å². The Kier molecular flexibility index (Phi) is 13.9. The molecule has 1 amide bonds. The summed E-state index contributed by atoms with van der Waals surface area (Å²) in [6, 6.07) is 8.18. The molecule has 0 aromatic heterocycles. The maximum atomic E-state index is 12.6. The van der Waals surface area contributed by atoms with Crippen molar-refractivity contribution in [2.24, 2.45) is 0 Å². The van der Waals surface area contributed by atoms with E-state index in [9.17, 15) is 22.8 Å². The van der Waals surface area contributed by atoms with Crippen LogP contribution in [-0.4, -0.2) is 31.6 Å². The molecule has 0 unspecified atom stereocenters. The molecule has 1 aromatic rings. The summed E-state index contributed by atoms with van der Waals surface area (Å²) in [7, 11) is -3.85. The lowest BCUT2D eigenvalue weighted by Gasteiger charge is -2.17. The van der Waals surface area contributed by atoms with Gasteiger partial charge >= 0.3 is 0 Å². The first-order valence-corrected chi connectivity index (χ1v) is 15.4. The number of benzene rings is 1. The van der Waals surface area contributed by atoms with E-state index in [0.29, 0.717) is 6.42 Å². The summed E-state index contributed by atoms with van der Waals surface area (Å²) in [5.74, 6) is -2.07. The highest BCUT2D eigenvalue weighted by atomic mass is 32.2. The predicted molar refractivity (Wildman–Crippen MR) is 147 cm³/mol. The van der Waals surface area contributed by atoms with Crippen molar-refractivity contribution >= 4 is 27.5 Å². The Bertz CT molecular complexity index is 1050. The van der Waals surface area contributed by atoms with E-state index in [1.54, 1.807) is 30.3 Å². The molecule has 7 nitrogen and oxygen atoms in total. The number of nitrogens with one attached hydrogen (secondary N) is 2. The summed E-state index contributed by atoms with van der Waals surface area (Å²) in [5, 5.41) is 2.40. The van der Waals surface area contributed by atoms with Crippen molar-refractivity contribution in [3.63, 3.8) is 0 Å². The molecule has 8 heteroatoms. The molecule has 204 valence electrons. The van der Waals surface area contributed by atoms with Crippen molar-refractivity contribution in [3.05, 3.63) is 59.4 Å². The van der Waals surface area contributed by atoms with E-state index in [2.05, 4.69) is 17.0 Å². The Hall–Kier alpha value is -2.74. The highest BCUT2D eigenvalue weighted by molar-refractivity contribution is 7.89. The van der Waals surface area contributed by atoms with Crippen molar-refractivity contribution in [1.29, 1.82) is 0 Å². The fraction of sp³-hybridized carbons (Fsp3) is 0.552. The van der Waals surface area contributed by atoms with Crippen LogP contribution in [0.5, 0.6) is 0 Å². The predicted octanol–water partition coefficient (Wildman–Crippen LogP) is 5.74. The average molecular weight is 531 g/mol. The van der Waals surface area contributed by atoms with E-state index in [1.165, 1.54) is 64.2 Å². The number of carbonyl (C=O) groups excluding carboxylic acids is 3. The topological polar surface area (TPSA) is 109 Å². The summed E-state index contributed by atoms with van der Waals surface area (Å²) in [6.45, 7) is 2.24. The Balaban J connectivity index is 1.71. The second-order valence-corrected chi connectivity index (χ2v) is 11.5. The number of rotatable bonds is 19. The van der Waals surface area contributed by atoms with Crippen LogP contribution in [-0.2, 0) is 19.6 Å². The quantitative estimate of drug-likeness (QED) is 0.175. The zero-order chi connectivity index (χ0) is 26.9. The molecule has 0 radical (unpaired) electrons. The molecule has 0 saturated carbocycles. The highest BCUT2D eigenvalue weighted by Gasteiger charge is 2.28. The number of ketones is 2. The number of sulfonamides is 1. The molecule has 0 bridgehead atoms. The van der Waals surface area contributed by atoms with Gasteiger partial charge in [0.05, 0.1) is 5.75 Å². The van der Waals surface area contributed by atoms with Gasteiger partial charge in [-0.1, -0.05) is 109 Å². The normalized spacial score (nSPS) is 13.8. The molecular weight excluding hydrogens is 488 g/mol. The summed E-state index contributed by atoms with van der Waals surface area (Å²) < 4.78 is 27.5. The number of allylic oxidation sites excluding steroid dienone is 2. The molecule has 0 spiro atoms. The van der Waals surface area contributed by atoms with E-state index >= 15 is 0 Å². The Morgan fingerprint density at radius 1 is 0.676 bits per heavy atom. The number of amides is 1. The second kappa shape index (κ2) is 16.9. The van der Waals surface area contributed by atoms with Gasteiger partial charge in [0.1, 0.15) is 11.4 Å².